The second kappa shape index (κ2) is 10.9. The Kier molecular flexibility index (Phi) is 8.79. The molecule has 1 amide bonds. The van der Waals surface area contributed by atoms with Gasteiger partial charge in [0.05, 0.1) is 11.9 Å². The van der Waals surface area contributed by atoms with Crippen molar-refractivity contribution in [1.82, 2.24) is 5.32 Å². The summed E-state index contributed by atoms with van der Waals surface area (Å²) in [6, 6.07) is 13.1. The van der Waals surface area contributed by atoms with Crippen molar-refractivity contribution in [3.05, 3.63) is 64.7 Å². The van der Waals surface area contributed by atoms with E-state index in [2.05, 4.69) is 30.4 Å². The summed E-state index contributed by atoms with van der Waals surface area (Å²) in [4.78, 5) is 12.8. The molecule has 164 valence electrons. The molecule has 0 aliphatic heterocycles. The van der Waals surface area contributed by atoms with Crippen molar-refractivity contribution in [2.24, 2.45) is 0 Å². The van der Waals surface area contributed by atoms with Crippen molar-refractivity contribution in [1.29, 1.82) is 0 Å². The van der Waals surface area contributed by atoms with Crippen LogP contribution in [0.1, 0.15) is 35.6 Å². The van der Waals surface area contributed by atoms with Gasteiger partial charge in [0.2, 0.25) is 15.9 Å². The summed E-state index contributed by atoms with van der Waals surface area (Å²) >= 11 is 1.74. The zero-order valence-corrected chi connectivity index (χ0v) is 20.1. The average molecular weight is 449 g/mol. The van der Waals surface area contributed by atoms with Crippen molar-refractivity contribution in [3.63, 3.8) is 0 Å². The Labute approximate surface area is 185 Å². The SMILES string of the molecule is CCC(C(=O)NCCSCc1cccc(C)c1)N(c1ccc(C)c(C)c1)S(C)(=O)=O. The predicted molar refractivity (Wildman–Crippen MR) is 128 cm³/mol. The maximum Gasteiger partial charge on any atom is 0.243 e. The number of amides is 1. The summed E-state index contributed by atoms with van der Waals surface area (Å²) < 4.78 is 26.3. The van der Waals surface area contributed by atoms with Gasteiger partial charge in [0.15, 0.2) is 0 Å². The van der Waals surface area contributed by atoms with Crippen LogP contribution >= 0.6 is 11.8 Å². The number of benzene rings is 2. The Morgan fingerprint density at radius 1 is 1.10 bits per heavy atom. The Morgan fingerprint density at radius 3 is 2.43 bits per heavy atom. The first-order chi connectivity index (χ1) is 14.1. The van der Waals surface area contributed by atoms with Gasteiger partial charge in [-0.05, 0) is 56.0 Å². The third-order valence-corrected chi connectivity index (χ3v) is 7.18. The van der Waals surface area contributed by atoms with Gasteiger partial charge in [0.25, 0.3) is 0 Å². The lowest BCUT2D eigenvalue weighted by Crippen LogP contribution is -2.49. The molecular weight excluding hydrogens is 416 g/mol. The maximum absolute atomic E-state index is 12.8. The molecule has 1 N–H and O–H groups in total. The van der Waals surface area contributed by atoms with Gasteiger partial charge in [0, 0.05) is 18.1 Å². The highest BCUT2D eigenvalue weighted by Crippen LogP contribution is 2.25. The molecule has 0 saturated heterocycles. The van der Waals surface area contributed by atoms with Gasteiger partial charge in [-0.15, -0.1) is 0 Å². The molecule has 0 saturated carbocycles. The van der Waals surface area contributed by atoms with E-state index >= 15 is 0 Å². The lowest BCUT2D eigenvalue weighted by atomic mass is 10.1. The number of aryl methyl sites for hydroxylation is 3. The Bertz CT molecular complexity index is 974. The Morgan fingerprint density at radius 2 is 1.83 bits per heavy atom. The lowest BCUT2D eigenvalue weighted by Gasteiger charge is -2.30. The number of carbonyl (C=O) groups excluding carboxylic acids is 1. The average Bonchev–Trinajstić information content (AvgIpc) is 2.67. The highest BCUT2D eigenvalue weighted by Gasteiger charge is 2.31. The molecule has 0 heterocycles. The summed E-state index contributed by atoms with van der Waals surface area (Å²) in [5, 5.41) is 2.91. The maximum atomic E-state index is 12.8. The van der Waals surface area contributed by atoms with Gasteiger partial charge in [-0.3, -0.25) is 9.10 Å². The smallest absolute Gasteiger partial charge is 0.243 e. The molecule has 7 heteroatoms. The minimum atomic E-state index is -3.61. The normalized spacial score (nSPS) is 12.4. The Balaban J connectivity index is 2.00. The van der Waals surface area contributed by atoms with E-state index in [0.29, 0.717) is 18.7 Å². The third kappa shape index (κ3) is 6.77. The van der Waals surface area contributed by atoms with Crippen molar-refractivity contribution in [2.75, 3.05) is 22.9 Å². The van der Waals surface area contributed by atoms with E-state index in [0.717, 1.165) is 28.9 Å². The molecule has 5 nitrogen and oxygen atoms in total. The summed E-state index contributed by atoms with van der Waals surface area (Å²) in [7, 11) is -3.61. The van der Waals surface area contributed by atoms with Crippen LogP contribution in [0.3, 0.4) is 0 Å². The van der Waals surface area contributed by atoms with E-state index in [1.807, 2.05) is 39.0 Å². The van der Waals surface area contributed by atoms with Gasteiger partial charge < -0.3 is 5.32 Å². The summed E-state index contributed by atoms with van der Waals surface area (Å²) in [6.45, 7) is 8.31. The molecule has 1 unspecified atom stereocenters. The van der Waals surface area contributed by atoms with Crippen LogP contribution in [0.25, 0.3) is 0 Å². The van der Waals surface area contributed by atoms with Crippen molar-refractivity contribution in [3.8, 4) is 0 Å². The van der Waals surface area contributed by atoms with E-state index < -0.39 is 16.1 Å². The summed E-state index contributed by atoms with van der Waals surface area (Å²) in [6.07, 6.45) is 1.54. The molecule has 0 aromatic heterocycles. The summed E-state index contributed by atoms with van der Waals surface area (Å²) in [5.74, 6) is 1.38. The van der Waals surface area contributed by atoms with Gasteiger partial charge >= 0.3 is 0 Å². The van der Waals surface area contributed by atoms with Crippen LogP contribution in [0.15, 0.2) is 42.5 Å². The number of carbonyl (C=O) groups is 1. The van der Waals surface area contributed by atoms with E-state index in [1.165, 1.54) is 15.4 Å². The number of thioether (sulfide) groups is 1. The van der Waals surface area contributed by atoms with Crippen LogP contribution in [-0.4, -0.2) is 38.9 Å². The minimum absolute atomic E-state index is 0.266. The number of hydrogen-bond donors (Lipinski definition) is 1. The van der Waals surface area contributed by atoms with E-state index in [-0.39, 0.29) is 5.91 Å². The molecule has 2 aromatic rings. The zero-order valence-electron chi connectivity index (χ0n) is 18.4. The fraction of sp³-hybridized carbons (Fsp3) is 0.435. The molecule has 0 aliphatic carbocycles. The lowest BCUT2D eigenvalue weighted by molar-refractivity contribution is -0.122. The van der Waals surface area contributed by atoms with Crippen molar-refractivity contribution < 1.29 is 13.2 Å². The first kappa shape index (κ1) is 24.3. The fourth-order valence-electron chi connectivity index (χ4n) is 3.28. The molecule has 1 atom stereocenters. The van der Waals surface area contributed by atoms with Crippen LogP contribution in [-0.2, 0) is 20.6 Å². The van der Waals surface area contributed by atoms with Crippen LogP contribution in [0.2, 0.25) is 0 Å². The number of nitrogens with one attached hydrogen (secondary N) is 1. The Hall–Kier alpha value is -1.99. The highest BCUT2D eigenvalue weighted by molar-refractivity contribution is 7.98. The topological polar surface area (TPSA) is 66.5 Å². The standard InChI is InChI=1S/C23H32N2O3S2/c1-6-22(25(30(5,27)28)21-11-10-18(3)19(4)15-21)23(26)24-12-13-29-16-20-9-7-8-17(2)14-20/h7-11,14-15,22H,6,12-13,16H2,1-5H3,(H,24,26). The van der Waals surface area contributed by atoms with E-state index in [4.69, 9.17) is 0 Å². The molecule has 2 aromatic carbocycles. The molecule has 0 aliphatic rings. The van der Waals surface area contributed by atoms with Crippen LogP contribution < -0.4 is 9.62 Å². The molecular formula is C23H32N2O3S2. The van der Waals surface area contributed by atoms with E-state index in [1.54, 1.807) is 17.8 Å². The monoisotopic (exact) mass is 448 g/mol. The molecule has 2 rings (SSSR count). The van der Waals surface area contributed by atoms with Gasteiger partial charge in [0.1, 0.15) is 6.04 Å². The first-order valence-electron chi connectivity index (χ1n) is 10.1. The van der Waals surface area contributed by atoms with Gasteiger partial charge in [-0.25, -0.2) is 8.42 Å². The zero-order chi connectivity index (χ0) is 22.3. The van der Waals surface area contributed by atoms with Crippen LogP contribution in [0.4, 0.5) is 5.69 Å². The molecule has 0 spiro atoms. The first-order valence-corrected chi connectivity index (χ1v) is 13.1. The summed E-state index contributed by atoms with van der Waals surface area (Å²) in [5.41, 5.74) is 5.09. The minimum Gasteiger partial charge on any atom is -0.353 e. The largest absolute Gasteiger partial charge is 0.353 e. The second-order valence-electron chi connectivity index (χ2n) is 7.58. The van der Waals surface area contributed by atoms with Crippen molar-refractivity contribution in [2.45, 2.75) is 45.9 Å². The predicted octanol–water partition coefficient (Wildman–Crippen LogP) is 4.21. The fourth-order valence-corrected chi connectivity index (χ4v) is 5.29. The highest BCUT2D eigenvalue weighted by atomic mass is 32.2. The number of nitrogens with zero attached hydrogens (tertiary/aromatic N) is 1. The van der Waals surface area contributed by atoms with Gasteiger partial charge in [-0.1, -0.05) is 42.8 Å². The quantitative estimate of drug-likeness (QED) is 0.553. The number of hydrogen-bond acceptors (Lipinski definition) is 4. The van der Waals surface area contributed by atoms with E-state index in [9.17, 15) is 13.2 Å². The molecule has 0 fully saturated rings. The number of rotatable bonds is 10. The van der Waals surface area contributed by atoms with Crippen LogP contribution in [0.5, 0.6) is 0 Å². The molecule has 30 heavy (non-hydrogen) atoms. The third-order valence-electron chi connectivity index (χ3n) is 4.97. The molecule has 0 bridgehead atoms. The number of sulfonamides is 1. The van der Waals surface area contributed by atoms with Gasteiger partial charge in [-0.2, -0.15) is 11.8 Å². The van der Waals surface area contributed by atoms with Crippen LogP contribution in [0, 0.1) is 20.8 Å². The second-order valence-corrected chi connectivity index (χ2v) is 10.5. The number of anilines is 1. The molecule has 0 radical (unpaired) electrons. The van der Waals surface area contributed by atoms with Crippen molar-refractivity contribution >= 4 is 33.4 Å².